The predicted molar refractivity (Wildman–Crippen MR) is 89.6 cm³/mol. The molecule has 3 heterocycles. The fourth-order valence-electron chi connectivity index (χ4n) is 2.87. The smallest absolute Gasteiger partial charge is 0.290 e. The minimum Gasteiger partial charge on any atom is -0.390 e. The number of fused-ring (bicyclic) bond motifs is 1. The van der Waals surface area contributed by atoms with Crippen LogP contribution in [0.4, 0.5) is 4.79 Å². The summed E-state index contributed by atoms with van der Waals surface area (Å²) < 4.78 is 5.94. The Labute approximate surface area is 141 Å². The molecular formula is C13H18N4O4S2. The van der Waals surface area contributed by atoms with Crippen molar-refractivity contribution in [3.8, 4) is 0 Å². The van der Waals surface area contributed by atoms with Crippen LogP contribution >= 0.6 is 23.5 Å². The largest absolute Gasteiger partial charge is 0.390 e. The number of nitrogens with zero attached hydrogens (tertiary/aromatic N) is 3. The molecule has 0 aromatic heterocycles. The number of amidine groups is 1. The van der Waals surface area contributed by atoms with Gasteiger partial charge in [0.1, 0.15) is 5.84 Å². The monoisotopic (exact) mass is 358 g/mol. The van der Waals surface area contributed by atoms with Crippen molar-refractivity contribution < 1.29 is 19.4 Å². The summed E-state index contributed by atoms with van der Waals surface area (Å²) in [7, 11) is 0. The van der Waals surface area contributed by atoms with Gasteiger partial charge in [0, 0.05) is 0 Å². The van der Waals surface area contributed by atoms with Crippen LogP contribution in [0.15, 0.2) is 9.98 Å². The zero-order valence-electron chi connectivity index (χ0n) is 12.7. The molecule has 2 amide bonds. The maximum absolute atomic E-state index is 12.4. The lowest BCUT2D eigenvalue weighted by molar-refractivity contribution is -0.116. The van der Waals surface area contributed by atoms with Crippen LogP contribution in [0.3, 0.4) is 0 Å². The van der Waals surface area contributed by atoms with Crippen LogP contribution in [0.1, 0.15) is 19.8 Å². The number of thioether (sulfide) groups is 2. The van der Waals surface area contributed by atoms with E-state index >= 15 is 0 Å². The molecular weight excluding hydrogens is 340 g/mol. The fourth-order valence-corrected chi connectivity index (χ4v) is 4.61. The summed E-state index contributed by atoms with van der Waals surface area (Å²) >= 11 is 2.44. The Hall–Kier alpha value is -1.10. The normalized spacial score (nSPS) is 35.2. The molecule has 8 nitrogen and oxygen atoms in total. The summed E-state index contributed by atoms with van der Waals surface area (Å²) in [6.07, 6.45) is 1.63. The first-order valence-corrected chi connectivity index (χ1v) is 9.45. The lowest BCUT2D eigenvalue weighted by atomic mass is 10.1. The molecule has 3 aliphatic heterocycles. The van der Waals surface area contributed by atoms with E-state index < -0.39 is 23.5 Å². The highest BCUT2D eigenvalue weighted by atomic mass is 32.2. The molecule has 3 aliphatic rings. The van der Waals surface area contributed by atoms with Crippen molar-refractivity contribution in [2.24, 2.45) is 15.7 Å². The molecule has 0 saturated carbocycles. The van der Waals surface area contributed by atoms with Crippen LogP contribution in [-0.2, 0) is 9.53 Å². The second-order valence-electron chi connectivity index (χ2n) is 5.46. The van der Waals surface area contributed by atoms with Gasteiger partial charge in [-0.2, -0.15) is 21.7 Å². The van der Waals surface area contributed by atoms with Crippen molar-refractivity contribution >= 4 is 46.5 Å². The Morgan fingerprint density at radius 2 is 2.26 bits per heavy atom. The van der Waals surface area contributed by atoms with E-state index in [1.165, 1.54) is 4.90 Å². The number of hydrogen-bond acceptors (Lipinski definition) is 8. The minimum atomic E-state index is -0.754. The number of carbonyl (C=O) groups excluding carboxylic acids is 2. The van der Waals surface area contributed by atoms with Crippen molar-refractivity contribution in [1.29, 1.82) is 0 Å². The van der Waals surface area contributed by atoms with E-state index in [2.05, 4.69) is 9.98 Å². The van der Waals surface area contributed by atoms with Crippen LogP contribution in [-0.4, -0.2) is 68.1 Å². The van der Waals surface area contributed by atoms with Crippen LogP contribution in [0.5, 0.6) is 0 Å². The molecule has 126 valence electrons. The lowest BCUT2D eigenvalue weighted by Crippen LogP contribution is -2.47. The first-order valence-electron chi connectivity index (χ1n) is 7.29. The average molecular weight is 358 g/mol. The maximum Gasteiger partial charge on any atom is 0.290 e. The SMILES string of the molecule is CCC(O)[C@@H]1C[C@@H](SC)[C@H](N2C(=O)SC3C(=O)N=C(N)N=C32)O1. The zero-order valence-corrected chi connectivity index (χ0v) is 14.3. The number of nitrogens with two attached hydrogens (primary N) is 1. The fraction of sp³-hybridized carbons (Fsp3) is 0.692. The summed E-state index contributed by atoms with van der Waals surface area (Å²) in [6.45, 7) is 1.88. The van der Waals surface area contributed by atoms with Crippen LogP contribution in [0, 0.1) is 0 Å². The van der Waals surface area contributed by atoms with E-state index in [0.29, 0.717) is 12.8 Å². The van der Waals surface area contributed by atoms with Gasteiger partial charge in [-0.05, 0) is 30.9 Å². The molecule has 0 radical (unpaired) electrons. The maximum atomic E-state index is 12.4. The summed E-state index contributed by atoms with van der Waals surface area (Å²) in [5.74, 6) is -0.337. The predicted octanol–water partition coefficient (Wildman–Crippen LogP) is 0.395. The molecule has 2 unspecified atom stereocenters. The molecule has 0 aliphatic carbocycles. The number of ether oxygens (including phenoxy) is 1. The zero-order chi connectivity index (χ0) is 16.7. The van der Waals surface area contributed by atoms with E-state index in [-0.39, 0.29) is 28.4 Å². The van der Waals surface area contributed by atoms with E-state index in [1.54, 1.807) is 11.8 Å². The van der Waals surface area contributed by atoms with E-state index in [9.17, 15) is 14.7 Å². The molecule has 0 spiro atoms. The first-order chi connectivity index (χ1) is 11.0. The number of guanidine groups is 1. The molecule has 2 saturated heterocycles. The second kappa shape index (κ2) is 6.42. The third kappa shape index (κ3) is 2.88. The van der Waals surface area contributed by atoms with Gasteiger partial charge in [-0.3, -0.25) is 14.5 Å². The highest BCUT2D eigenvalue weighted by molar-refractivity contribution is 8.16. The molecule has 10 heteroatoms. The van der Waals surface area contributed by atoms with Crippen LogP contribution < -0.4 is 5.73 Å². The Kier molecular flexibility index (Phi) is 4.68. The van der Waals surface area contributed by atoms with Gasteiger partial charge in [-0.25, -0.2) is 0 Å². The average Bonchev–Trinajstić information content (AvgIpc) is 3.07. The van der Waals surface area contributed by atoms with Gasteiger partial charge in [-0.1, -0.05) is 6.92 Å². The Morgan fingerprint density at radius 3 is 2.91 bits per heavy atom. The van der Waals surface area contributed by atoms with Crippen molar-refractivity contribution in [3.63, 3.8) is 0 Å². The quantitative estimate of drug-likeness (QED) is 0.746. The summed E-state index contributed by atoms with van der Waals surface area (Å²) in [4.78, 5) is 33.4. The standard InChI is InChI=1S/C13H18N4O4S2/c1-3-5(18)6-4-7(22-2)11(21-6)17-9-8(23-13(17)20)10(19)16-12(14)15-9/h5-8,11,18H,3-4H2,1-2H3,(H2,14,16,19)/t5?,6-,7+,8?,11+/m0/s1. The lowest BCUT2D eigenvalue weighted by Gasteiger charge is -2.28. The van der Waals surface area contributed by atoms with Crippen LogP contribution in [0.2, 0.25) is 0 Å². The number of rotatable bonds is 4. The molecule has 0 aromatic carbocycles. The number of aliphatic imine (C=N–C) groups is 2. The molecule has 3 N–H and O–H groups in total. The molecule has 2 fully saturated rings. The topological polar surface area (TPSA) is 118 Å². The third-order valence-corrected chi connectivity index (χ3v) is 6.15. The Bertz CT molecular complexity index is 597. The van der Waals surface area contributed by atoms with Crippen molar-refractivity contribution in [2.45, 2.75) is 48.7 Å². The Balaban J connectivity index is 1.89. The first kappa shape index (κ1) is 16.7. The van der Waals surface area contributed by atoms with Crippen LogP contribution in [0.25, 0.3) is 0 Å². The van der Waals surface area contributed by atoms with Gasteiger partial charge in [0.25, 0.3) is 11.1 Å². The van der Waals surface area contributed by atoms with Gasteiger partial charge in [0.15, 0.2) is 11.5 Å². The number of aliphatic hydroxyl groups excluding tert-OH is 1. The van der Waals surface area contributed by atoms with Gasteiger partial charge >= 0.3 is 0 Å². The van der Waals surface area contributed by atoms with Gasteiger partial charge in [0.05, 0.1) is 17.5 Å². The van der Waals surface area contributed by atoms with Crippen molar-refractivity contribution in [1.82, 2.24) is 4.90 Å². The number of hydrogen-bond donors (Lipinski definition) is 2. The Morgan fingerprint density at radius 1 is 1.52 bits per heavy atom. The highest BCUT2D eigenvalue weighted by Crippen LogP contribution is 2.40. The molecule has 3 rings (SSSR count). The molecule has 0 bridgehead atoms. The highest BCUT2D eigenvalue weighted by Gasteiger charge is 2.52. The van der Waals surface area contributed by atoms with Crippen molar-refractivity contribution in [3.05, 3.63) is 0 Å². The number of aliphatic hydroxyl groups is 1. The molecule has 0 aromatic rings. The molecule has 5 atom stereocenters. The molecule has 23 heavy (non-hydrogen) atoms. The van der Waals surface area contributed by atoms with Gasteiger partial charge < -0.3 is 15.6 Å². The number of carbonyl (C=O) groups is 2. The summed E-state index contributed by atoms with van der Waals surface area (Å²) in [5.41, 5.74) is 5.56. The minimum absolute atomic E-state index is 0.0117. The van der Waals surface area contributed by atoms with Gasteiger partial charge in [0.2, 0.25) is 5.96 Å². The van der Waals surface area contributed by atoms with Crippen molar-refractivity contribution in [2.75, 3.05) is 6.26 Å². The third-order valence-electron chi connectivity index (χ3n) is 4.08. The number of amides is 2. The summed E-state index contributed by atoms with van der Waals surface area (Å²) in [5, 5.41) is 8.98. The van der Waals surface area contributed by atoms with E-state index in [1.807, 2.05) is 13.2 Å². The van der Waals surface area contributed by atoms with E-state index in [4.69, 9.17) is 10.5 Å². The van der Waals surface area contributed by atoms with E-state index in [0.717, 1.165) is 11.8 Å². The van der Waals surface area contributed by atoms with Gasteiger partial charge in [-0.15, -0.1) is 0 Å². The summed E-state index contributed by atoms with van der Waals surface area (Å²) in [6, 6.07) is 0. The second-order valence-corrected chi connectivity index (χ2v) is 7.60.